The molecule has 3 N–H and O–H groups in total. The highest BCUT2D eigenvalue weighted by Crippen LogP contribution is 2.43. The minimum Gasteiger partial charge on any atom is -0.481 e. The van der Waals surface area contributed by atoms with Crippen LogP contribution in [0.3, 0.4) is 0 Å². The third-order valence-corrected chi connectivity index (χ3v) is 4.89. The number of carbonyl (C=O) groups excluding carboxylic acids is 1. The summed E-state index contributed by atoms with van der Waals surface area (Å²) in [5, 5.41) is 14.5. The standard InChI is InChI=1S/C17H20F2N2O3/c18-12-2-1-3-13(19)15(12)11-8-14(11)21-17(24)20-10-6-4-9(5-7-10)16(22)23/h1-3,9-11,14H,4-8H2,(H,22,23)(H2,20,21,24)/t9?,10?,11-,14-/m1/s1. The molecule has 2 saturated carbocycles. The van der Waals surface area contributed by atoms with Crippen molar-refractivity contribution >= 4 is 12.0 Å². The molecule has 130 valence electrons. The Hall–Kier alpha value is -2.18. The van der Waals surface area contributed by atoms with E-state index in [0.29, 0.717) is 32.1 Å². The van der Waals surface area contributed by atoms with Gasteiger partial charge in [0.2, 0.25) is 0 Å². The molecule has 0 aromatic heterocycles. The second-order valence-electron chi connectivity index (χ2n) is 6.59. The molecule has 2 aliphatic rings. The lowest BCUT2D eigenvalue weighted by molar-refractivity contribution is -0.142. The van der Waals surface area contributed by atoms with Crippen molar-refractivity contribution in [3.05, 3.63) is 35.4 Å². The summed E-state index contributed by atoms with van der Waals surface area (Å²) < 4.78 is 27.4. The maximum Gasteiger partial charge on any atom is 0.315 e. The van der Waals surface area contributed by atoms with Crippen LogP contribution in [0.15, 0.2) is 18.2 Å². The third-order valence-electron chi connectivity index (χ3n) is 4.89. The number of carboxylic acids is 1. The van der Waals surface area contributed by atoms with E-state index < -0.39 is 17.6 Å². The van der Waals surface area contributed by atoms with Crippen molar-refractivity contribution in [3.8, 4) is 0 Å². The van der Waals surface area contributed by atoms with E-state index in [4.69, 9.17) is 5.11 Å². The van der Waals surface area contributed by atoms with E-state index in [1.165, 1.54) is 18.2 Å². The zero-order valence-electron chi connectivity index (χ0n) is 13.1. The predicted octanol–water partition coefficient (Wildman–Crippen LogP) is 2.76. The lowest BCUT2D eigenvalue weighted by Gasteiger charge is -2.26. The van der Waals surface area contributed by atoms with Crippen molar-refractivity contribution in [2.45, 2.75) is 50.1 Å². The van der Waals surface area contributed by atoms with Crippen molar-refractivity contribution < 1.29 is 23.5 Å². The Balaban J connectivity index is 1.47. The zero-order valence-corrected chi connectivity index (χ0v) is 13.1. The van der Waals surface area contributed by atoms with Crippen molar-refractivity contribution in [3.63, 3.8) is 0 Å². The molecule has 3 rings (SSSR count). The first kappa shape index (κ1) is 16.7. The zero-order chi connectivity index (χ0) is 17.3. The van der Waals surface area contributed by atoms with Gasteiger partial charge in [-0.25, -0.2) is 13.6 Å². The molecule has 0 radical (unpaired) electrons. The SMILES string of the molecule is O=C(NC1CCC(C(=O)O)CC1)N[C@@H]1C[C@H]1c1c(F)cccc1F. The molecule has 24 heavy (non-hydrogen) atoms. The van der Waals surface area contributed by atoms with E-state index in [0.717, 1.165) is 0 Å². The summed E-state index contributed by atoms with van der Waals surface area (Å²) in [4.78, 5) is 22.9. The highest BCUT2D eigenvalue weighted by molar-refractivity contribution is 5.75. The monoisotopic (exact) mass is 338 g/mol. The molecule has 2 fully saturated rings. The molecule has 1 aromatic carbocycles. The number of benzene rings is 1. The molecule has 0 bridgehead atoms. The minimum atomic E-state index is -0.786. The number of halogens is 2. The normalized spacial score (nSPS) is 28.9. The quantitative estimate of drug-likeness (QED) is 0.790. The van der Waals surface area contributed by atoms with Crippen molar-refractivity contribution in [1.82, 2.24) is 10.6 Å². The molecule has 2 atom stereocenters. The number of rotatable bonds is 4. The number of nitrogens with one attached hydrogen (secondary N) is 2. The number of aliphatic carboxylic acids is 1. The predicted molar refractivity (Wildman–Crippen MR) is 82.6 cm³/mol. The molecule has 5 nitrogen and oxygen atoms in total. The molecule has 0 unspecified atom stereocenters. The van der Waals surface area contributed by atoms with E-state index in [1.807, 2.05) is 0 Å². The highest BCUT2D eigenvalue weighted by atomic mass is 19.1. The van der Waals surface area contributed by atoms with Gasteiger partial charge in [0.1, 0.15) is 11.6 Å². The van der Waals surface area contributed by atoms with Crippen LogP contribution in [0, 0.1) is 17.6 Å². The van der Waals surface area contributed by atoms with Crippen LogP contribution in [-0.4, -0.2) is 29.2 Å². The minimum absolute atomic E-state index is 0.0322. The summed E-state index contributed by atoms with van der Waals surface area (Å²) in [7, 11) is 0. The molecular weight excluding hydrogens is 318 g/mol. The molecule has 2 aliphatic carbocycles. The maximum absolute atomic E-state index is 13.7. The molecule has 0 aliphatic heterocycles. The summed E-state index contributed by atoms with van der Waals surface area (Å²) in [5.41, 5.74) is 0.0322. The van der Waals surface area contributed by atoms with Gasteiger partial charge in [-0.15, -0.1) is 0 Å². The Labute approximate surface area is 138 Å². The Morgan fingerprint density at radius 1 is 1.04 bits per heavy atom. The smallest absolute Gasteiger partial charge is 0.315 e. The van der Waals surface area contributed by atoms with Gasteiger partial charge in [0.05, 0.1) is 5.92 Å². The Bertz CT molecular complexity index is 624. The molecule has 0 heterocycles. The number of carbonyl (C=O) groups is 2. The van der Waals surface area contributed by atoms with E-state index >= 15 is 0 Å². The molecular formula is C17H20F2N2O3. The number of urea groups is 1. The second-order valence-corrected chi connectivity index (χ2v) is 6.59. The number of amides is 2. The number of hydrogen-bond donors (Lipinski definition) is 3. The van der Waals surface area contributed by atoms with Crippen LogP contribution in [0.5, 0.6) is 0 Å². The molecule has 0 saturated heterocycles. The fourth-order valence-corrected chi connectivity index (χ4v) is 3.42. The topological polar surface area (TPSA) is 78.4 Å². The molecule has 0 spiro atoms. The van der Waals surface area contributed by atoms with Crippen molar-refractivity contribution in [1.29, 1.82) is 0 Å². The maximum atomic E-state index is 13.7. The lowest BCUT2D eigenvalue weighted by atomic mass is 9.86. The van der Waals surface area contributed by atoms with Crippen LogP contribution in [0.4, 0.5) is 13.6 Å². The van der Waals surface area contributed by atoms with Crippen molar-refractivity contribution in [2.24, 2.45) is 5.92 Å². The van der Waals surface area contributed by atoms with Crippen LogP contribution in [0.25, 0.3) is 0 Å². The first-order chi connectivity index (χ1) is 11.5. The van der Waals surface area contributed by atoms with Gasteiger partial charge < -0.3 is 15.7 Å². The first-order valence-corrected chi connectivity index (χ1v) is 8.19. The van der Waals surface area contributed by atoms with Gasteiger partial charge >= 0.3 is 12.0 Å². The van der Waals surface area contributed by atoms with Gasteiger partial charge in [-0.05, 0) is 44.2 Å². The molecule has 1 aromatic rings. The van der Waals surface area contributed by atoms with Crippen LogP contribution in [0.2, 0.25) is 0 Å². The summed E-state index contributed by atoms with van der Waals surface area (Å²) in [5.74, 6) is -2.62. The van der Waals surface area contributed by atoms with Gasteiger partial charge in [0.15, 0.2) is 0 Å². The lowest BCUT2D eigenvalue weighted by Crippen LogP contribution is -2.45. The van der Waals surface area contributed by atoms with Crippen LogP contribution >= 0.6 is 0 Å². The Morgan fingerprint density at radius 2 is 1.67 bits per heavy atom. The molecule has 7 heteroatoms. The average Bonchev–Trinajstić information content (AvgIpc) is 3.26. The van der Waals surface area contributed by atoms with E-state index in [1.54, 1.807) is 0 Å². The van der Waals surface area contributed by atoms with Crippen LogP contribution in [0.1, 0.15) is 43.6 Å². The van der Waals surface area contributed by atoms with Gasteiger partial charge in [-0.3, -0.25) is 4.79 Å². The number of carboxylic acid groups (broad SMARTS) is 1. The summed E-state index contributed by atoms with van der Waals surface area (Å²) in [6.45, 7) is 0. The number of hydrogen-bond acceptors (Lipinski definition) is 2. The Kier molecular flexibility index (Phi) is 4.69. The fraction of sp³-hybridized carbons (Fsp3) is 0.529. The van der Waals surface area contributed by atoms with Gasteiger partial charge in [0.25, 0.3) is 0 Å². The van der Waals surface area contributed by atoms with Gasteiger partial charge in [-0.2, -0.15) is 0 Å². The first-order valence-electron chi connectivity index (χ1n) is 8.19. The highest BCUT2D eigenvalue weighted by Gasteiger charge is 2.43. The second kappa shape index (κ2) is 6.75. The van der Waals surface area contributed by atoms with Crippen LogP contribution in [-0.2, 0) is 4.79 Å². The van der Waals surface area contributed by atoms with Gasteiger partial charge in [0, 0.05) is 23.6 Å². The summed E-state index contributed by atoms with van der Waals surface area (Å²) in [6, 6.07) is 3.07. The van der Waals surface area contributed by atoms with E-state index in [2.05, 4.69) is 10.6 Å². The van der Waals surface area contributed by atoms with Crippen LogP contribution < -0.4 is 10.6 Å². The van der Waals surface area contributed by atoms with E-state index in [-0.39, 0.29) is 35.5 Å². The largest absolute Gasteiger partial charge is 0.481 e. The van der Waals surface area contributed by atoms with Gasteiger partial charge in [-0.1, -0.05) is 6.07 Å². The summed E-state index contributed by atoms with van der Waals surface area (Å²) in [6.07, 6.45) is 2.86. The Morgan fingerprint density at radius 3 is 2.25 bits per heavy atom. The average molecular weight is 338 g/mol. The fourth-order valence-electron chi connectivity index (χ4n) is 3.42. The van der Waals surface area contributed by atoms with E-state index in [9.17, 15) is 18.4 Å². The third kappa shape index (κ3) is 3.66. The summed E-state index contributed by atoms with van der Waals surface area (Å²) >= 11 is 0. The molecule has 2 amide bonds. The van der Waals surface area contributed by atoms with Crippen molar-refractivity contribution in [2.75, 3.05) is 0 Å².